The normalized spacial score (nSPS) is 27.8. The summed E-state index contributed by atoms with van der Waals surface area (Å²) in [4.78, 5) is 49.7. The number of hydrogen-bond acceptors (Lipinski definition) is 10. The van der Waals surface area contributed by atoms with Crippen molar-refractivity contribution >= 4 is 46.0 Å². The van der Waals surface area contributed by atoms with Gasteiger partial charge in [0.15, 0.2) is 5.13 Å². The molecule has 0 spiro atoms. The Balaban J connectivity index is 0.00000289. The Morgan fingerprint density at radius 1 is 1.26 bits per heavy atom. The molecule has 3 fully saturated rings. The number of aromatic nitrogens is 1. The molecule has 13 heteroatoms. The van der Waals surface area contributed by atoms with Crippen LogP contribution in [-0.4, -0.2) is 106 Å². The molecule has 4 aliphatic heterocycles. The summed E-state index contributed by atoms with van der Waals surface area (Å²) in [7, 11) is 2.05. The first-order valence-corrected chi connectivity index (χ1v) is 13.2. The molecule has 0 aromatic carbocycles. The smallest absolute Gasteiger partial charge is 0.543 e. The number of amides is 2. The van der Waals surface area contributed by atoms with Crippen molar-refractivity contribution < 1.29 is 54.2 Å². The van der Waals surface area contributed by atoms with Crippen LogP contribution in [0.15, 0.2) is 16.0 Å². The largest absolute Gasteiger partial charge is 1.00 e. The zero-order valence-corrected chi connectivity index (χ0v) is 24.0. The maximum Gasteiger partial charge on any atom is 1.00 e. The number of thiazole rings is 1. The fourth-order valence-corrected chi connectivity index (χ4v) is 7.53. The molecule has 0 saturated carbocycles. The number of hydrogen-bond donors (Lipinski definition) is 1. The van der Waals surface area contributed by atoms with E-state index in [2.05, 4.69) is 14.8 Å². The van der Waals surface area contributed by atoms with Gasteiger partial charge in [-0.05, 0) is 14.0 Å². The van der Waals surface area contributed by atoms with Gasteiger partial charge in [-0.15, -0.1) is 23.1 Å². The fraction of sp³-hybridized carbons (Fsp3) is 0.636. The quantitative estimate of drug-likeness (QED) is 0.293. The van der Waals surface area contributed by atoms with E-state index in [1.165, 1.54) is 28.0 Å². The third kappa shape index (κ3) is 4.67. The van der Waals surface area contributed by atoms with Crippen LogP contribution in [0.2, 0.25) is 0 Å². The van der Waals surface area contributed by atoms with E-state index >= 15 is 0 Å². The molecule has 4 aliphatic rings. The summed E-state index contributed by atoms with van der Waals surface area (Å²) < 4.78 is 0. The van der Waals surface area contributed by atoms with Crippen LogP contribution >= 0.6 is 23.1 Å². The number of nitrogens with zero attached hydrogens (tertiary/aromatic N) is 5. The number of fused-ring (bicyclic) bond motifs is 1. The minimum atomic E-state index is -1.35. The maximum absolute atomic E-state index is 12.8. The molecule has 0 radical (unpaired) electrons. The molecule has 0 bridgehead atoms. The zero-order chi connectivity index (χ0) is 24.3. The second kappa shape index (κ2) is 10.3. The number of likely N-dealkylation sites (N-methyl/N-ethyl adjacent to an activating group) is 1. The number of aliphatic hydroxyl groups excluding tert-OH is 1. The van der Waals surface area contributed by atoms with Crippen molar-refractivity contribution in [3.8, 4) is 0 Å². The van der Waals surface area contributed by atoms with Crippen molar-refractivity contribution in [3.05, 3.63) is 21.7 Å². The molecule has 0 unspecified atom stereocenters. The van der Waals surface area contributed by atoms with E-state index in [1.807, 2.05) is 18.9 Å². The molecule has 2 amide bonds. The average molecular weight is 530 g/mol. The number of piperazine rings is 1. The first-order valence-electron chi connectivity index (χ1n) is 11.5. The van der Waals surface area contributed by atoms with Crippen molar-refractivity contribution in [2.75, 3.05) is 51.2 Å². The third-order valence-electron chi connectivity index (χ3n) is 7.22. The number of β-lactam (4-membered cyclic amide) rings is 1. The van der Waals surface area contributed by atoms with E-state index in [4.69, 9.17) is 0 Å². The Labute approximate surface area is 234 Å². The van der Waals surface area contributed by atoms with Crippen molar-refractivity contribution in [3.63, 3.8) is 0 Å². The number of aliphatic hydroxyl groups is 1. The van der Waals surface area contributed by atoms with Gasteiger partial charge in [0.1, 0.15) is 5.69 Å². The van der Waals surface area contributed by atoms with Gasteiger partial charge in [-0.3, -0.25) is 9.59 Å². The predicted octanol–water partition coefficient (Wildman–Crippen LogP) is -3.72. The number of thioether (sulfide) groups is 1. The summed E-state index contributed by atoms with van der Waals surface area (Å²) >= 11 is 2.92. The van der Waals surface area contributed by atoms with Crippen molar-refractivity contribution in [2.24, 2.45) is 11.8 Å². The molecule has 5 heterocycles. The Hall–Kier alpha value is -1.15. The van der Waals surface area contributed by atoms with Crippen LogP contribution in [0.3, 0.4) is 0 Å². The van der Waals surface area contributed by atoms with Crippen LogP contribution in [0.1, 0.15) is 24.3 Å². The summed E-state index contributed by atoms with van der Waals surface area (Å²) in [6.45, 7) is 7.95. The predicted molar refractivity (Wildman–Crippen MR) is 126 cm³/mol. The Morgan fingerprint density at radius 2 is 1.91 bits per heavy atom. The number of carboxylic acids is 1. The van der Waals surface area contributed by atoms with Gasteiger partial charge < -0.3 is 34.6 Å². The fourth-order valence-electron chi connectivity index (χ4n) is 5.20. The molecule has 5 rings (SSSR count). The molecule has 1 N–H and O–H groups in total. The van der Waals surface area contributed by atoms with Crippen molar-refractivity contribution in [1.29, 1.82) is 0 Å². The Bertz CT molecular complexity index is 1050. The number of carbonyl (C=O) groups is 3. The Kier molecular flexibility index (Phi) is 7.92. The van der Waals surface area contributed by atoms with Crippen LogP contribution in [0, 0.1) is 11.8 Å². The molecule has 3 saturated heterocycles. The summed E-state index contributed by atoms with van der Waals surface area (Å²) in [5, 5.41) is 24.6. The zero-order valence-electron chi connectivity index (χ0n) is 20.3. The van der Waals surface area contributed by atoms with E-state index in [9.17, 15) is 24.6 Å². The van der Waals surface area contributed by atoms with Gasteiger partial charge in [-0.25, -0.2) is 4.98 Å². The van der Waals surface area contributed by atoms with Crippen molar-refractivity contribution in [2.45, 2.75) is 31.2 Å². The van der Waals surface area contributed by atoms with E-state index < -0.39 is 18.0 Å². The van der Waals surface area contributed by atoms with Gasteiger partial charge in [-0.2, -0.15) is 0 Å². The summed E-state index contributed by atoms with van der Waals surface area (Å²) in [5.74, 6) is -2.48. The summed E-state index contributed by atoms with van der Waals surface area (Å²) in [6.07, 6.45) is -0.824. The van der Waals surface area contributed by atoms with Crippen LogP contribution in [-0.2, 0) is 9.59 Å². The second-order valence-corrected chi connectivity index (χ2v) is 11.7. The van der Waals surface area contributed by atoms with Gasteiger partial charge in [0.25, 0.3) is 5.91 Å². The Morgan fingerprint density at radius 3 is 2.51 bits per heavy atom. The van der Waals surface area contributed by atoms with Gasteiger partial charge in [0, 0.05) is 60.7 Å². The minimum absolute atomic E-state index is 0. The third-order valence-corrected chi connectivity index (χ3v) is 9.57. The van der Waals surface area contributed by atoms with Crippen LogP contribution in [0.4, 0.5) is 5.13 Å². The van der Waals surface area contributed by atoms with Crippen LogP contribution in [0.25, 0.3) is 0 Å². The van der Waals surface area contributed by atoms with Gasteiger partial charge in [-0.1, -0.05) is 6.92 Å². The summed E-state index contributed by atoms with van der Waals surface area (Å²) in [5.41, 5.74) is 0.427. The van der Waals surface area contributed by atoms with E-state index in [1.54, 1.807) is 12.3 Å². The van der Waals surface area contributed by atoms with E-state index in [-0.39, 0.29) is 64.3 Å². The maximum atomic E-state index is 12.8. The molecule has 4 atom stereocenters. The van der Waals surface area contributed by atoms with Gasteiger partial charge in [0.05, 0.1) is 29.7 Å². The molecule has 184 valence electrons. The summed E-state index contributed by atoms with van der Waals surface area (Å²) in [6, 6.07) is -0.332. The topological polar surface area (TPSA) is 120 Å². The monoisotopic (exact) mass is 529 g/mol. The molecule has 0 aliphatic carbocycles. The number of rotatable bonds is 6. The van der Waals surface area contributed by atoms with E-state index in [0.717, 1.165) is 18.2 Å². The second-order valence-electron chi connectivity index (χ2n) is 9.51. The number of carboxylic acid groups (broad SMARTS) is 1. The number of carbonyl (C=O) groups excluding carboxylic acids is 3. The average Bonchev–Trinajstić information content (AvgIpc) is 3.32. The van der Waals surface area contributed by atoms with E-state index in [0.29, 0.717) is 36.8 Å². The van der Waals surface area contributed by atoms with Gasteiger partial charge in [0.2, 0.25) is 5.91 Å². The first kappa shape index (κ1) is 26.9. The van der Waals surface area contributed by atoms with Crippen LogP contribution < -0.4 is 39.6 Å². The molecule has 35 heavy (non-hydrogen) atoms. The van der Waals surface area contributed by atoms with Gasteiger partial charge >= 0.3 is 29.6 Å². The first-order chi connectivity index (χ1) is 16.2. The SMILES string of the molecule is C[C@@H](O)[C@H]1C(=O)N2C(C(=O)[O-])=C(SC3CN(c4nc(C(=O)N5CCN(C)CC5)cs4)C3)[C@H](C)[C@H]12.[Na+]. The van der Waals surface area contributed by atoms with Crippen molar-refractivity contribution in [1.82, 2.24) is 19.7 Å². The molecular weight excluding hydrogens is 501 g/mol. The minimum Gasteiger partial charge on any atom is -0.543 e. The molecule has 1 aromatic heterocycles. The standard InChI is InChI=1S/C22H29N5O5S2.Na/c1-11-16-15(12(2)28)20(30)27(16)17(21(31)32)18(11)34-13-8-26(9-13)22-23-14(10-33-22)19(29)25-6-4-24(3)5-7-25;/h10-13,15-16,28H,4-9H2,1-3H3,(H,31,32);/q;+1/p-1/t11-,12-,15-,16-;/m1./s1. The molecule has 10 nitrogen and oxygen atoms in total. The molecular formula is C22H28N5NaO5S2. The molecule has 1 aromatic rings. The number of anilines is 1. The van der Waals surface area contributed by atoms with Crippen LogP contribution in [0.5, 0.6) is 0 Å². The number of aliphatic carboxylic acids is 1.